The summed E-state index contributed by atoms with van der Waals surface area (Å²) in [4.78, 5) is 72.0. The van der Waals surface area contributed by atoms with Crippen molar-refractivity contribution in [3.05, 3.63) is 77.2 Å². The van der Waals surface area contributed by atoms with Crippen molar-refractivity contribution in [1.82, 2.24) is 29.9 Å². The molecule has 5 heterocycles. The molecule has 61 heavy (non-hydrogen) atoms. The van der Waals surface area contributed by atoms with E-state index in [2.05, 4.69) is 36.7 Å². The van der Waals surface area contributed by atoms with E-state index in [1.807, 2.05) is 18.2 Å². The Kier molecular flexibility index (Phi) is 10.6. The van der Waals surface area contributed by atoms with Crippen LogP contribution in [0.25, 0.3) is 10.9 Å². The summed E-state index contributed by atoms with van der Waals surface area (Å²) in [5.41, 5.74) is 1.53. The molecule has 14 nitrogen and oxygen atoms in total. The second kappa shape index (κ2) is 16.0. The number of likely N-dealkylation sites (tertiary alicyclic amines) is 1. The summed E-state index contributed by atoms with van der Waals surface area (Å²) in [6.45, 7) is 6.88. The highest BCUT2D eigenvalue weighted by atomic mass is 19.1. The zero-order valence-corrected chi connectivity index (χ0v) is 35.0. The molecule has 2 saturated carbocycles. The van der Waals surface area contributed by atoms with Crippen molar-refractivity contribution in [2.24, 2.45) is 17.3 Å². The Hall–Kier alpha value is -5.70. The number of carbonyl (C=O) groups excluding carboxylic acids is 5. The van der Waals surface area contributed by atoms with Gasteiger partial charge < -0.3 is 20.3 Å². The molecule has 1 spiro atoms. The minimum atomic E-state index is -1.67. The molecule has 2 aromatic heterocycles. The highest BCUT2D eigenvalue weighted by Gasteiger charge is 2.47. The van der Waals surface area contributed by atoms with E-state index in [0.717, 1.165) is 80.5 Å². The third-order valence-electron chi connectivity index (χ3n) is 13.8. The summed E-state index contributed by atoms with van der Waals surface area (Å²) in [6.07, 6.45) is 11.3. The molecular weight excluding hydrogens is 780 g/mol. The number of benzene rings is 2. The Morgan fingerprint density at radius 2 is 1.70 bits per heavy atom. The summed E-state index contributed by atoms with van der Waals surface area (Å²) in [5.74, 6) is -0.794. The van der Waals surface area contributed by atoms with Crippen molar-refractivity contribution in [2.75, 3.05) is 43.9 Å². The molecule has 3 aliphatic heterocycles. The average molecular weight is 833 g/mol. The molecule has 2 aromatic carbocycles. The molecule has 3 N–H and O–H groups in total. The van der Waals surface area contributed by atoms with Crippen molar-refractivity contribution in [1.29, 1.82) is 0 Å². The normalized spacial score (nSPS) is 23.2. The van der Waals surface area contributed by atoms with Crippen LogP contribution in [-0.4, -0.2) is 93.4 Å². The first-order valence-corrected chi connectivity index (χ1v) is 21.6. The lowest BCUT2D eigenvalue weighted by molar-refractivity contribution is -0.136. The molecule has 4 fully saturated rings. The molecule has 15 heteroatoms. The Bertz CT molecular complexity index is 2400. The highest BCUT2D eigenvalue weighted by molar-refractivity contribution is 6.25. The number of nitrogens with zero attached hydrogens (tertiary/aromatic N) is 5. The molecule has 9 rings (SSSR count). The van der Waals surface area contributed by atoms with Gasteiger partial charge in [0.1, 0.15) is 23.2 Å². The predicted octanol–water partition coefficient (Wildman–Crippen LogP) is 6.63. The van der Waals surface area contributed by atoms with Gasteiger partial charge in [0.25, 0.3) is 17.7 Å². The fourth-order valence-corrected chi connectivity index (χ4v) is 10.4. The fourth-order valence-electron chi connectivity index (χ4n) is 10.4. The molecule has 0 radical (unpaired) electrons. The standard InChI is InChI=1S/C46H53FN8O6/c1-45(2,47)38-9-5-8-33(49-38)41(57)50-35-20-29-26-54(52-34(29)21-37(35)61-3)30-12-10-27(11-13-30)25-53-18-16-46(17-19-53)22-28(23-46)24-48-32-7-4-6-31-40(32)44(60)55(43(31)59)36-14-15-39(56)51-42(36)58/h4-9,20-21,26-28,30,36,48H,10-19,22-25H2,1-3H3,(H,50,57)(H,51,56,58). The van der Waals surface area contributed by atoms with Crippen LogP contribution in [0.5, 0.6) is 5.75 Å². The van der Waals surface area contributed by atoms with Crippen molar-refractivity contribution in [2.45, 2.75) is 95.8 Å². The molecule has 2 aliphatic carbocycles. The van der Waals surface area contributed by atoms with Crippen LogP contribution in [0, 0.1) is 17.3 Å². The highest BCUT2D eigenvalue weighted by Crippen LogP contribution is 2.53. The lowest BCUT2D eigenvalue weighted by Crippen LogP contribution is -2.54. The Balaban J connectivity index is 0.732. The fraction of sp³-hybridized carbons (Fsp3) is 0.500. The van der Waals surface area contributed by atoms with Gasteiger partial charge in [0.05, 0.1) is 41.2 Å². The summed E-state index contributed by atoms with van der Waals surface area (Å²) in [5, 5.41) is 14.4. The number of piperidine rings is 2. The van der Waals surface area contributed by atoms with Crippen molar-refractivity contribution < 1.29 is 33.1 Å². The number of hydrogen-bond donors (Lipinski definition) is 3. The van der Waals surface area contributed by atoms with Gasteiger partial charge in [-0.25, -0.2) is 9.37 Å². The SMILES string of the molecule is COc1cc2nn(C3CCC(CN4CCC5(CC4)CC(CNc4cccc6c4C(=O)N(C4CCC(=O)NC4=O)C6=O)C5)CC3)cc2cc1NC(=O)c1cccc(C(C)(C)F)n1. The Morgan fingerprint density at radius 3 is 2.43 bits per heavy atom. The number of alkyl halides is 1. The molecule has 0 bridgehead atoms. The zero-order valence-electron chi connectivity index (χ0n) is 35.0. The number of ether oxygens (including phenoxy) is 1. The molecule has 1 unspecified atom stereocenters. The van der Waals surface area contributed by atoms with E-state index >= 15 is 0 Å². The van der Waals surface area contributed by atoms with Gasteiger partial charge in [-0.2, -0.15) is 5.10 Å². The lowest BCUT2D eigenvalue weighted by Gasteiger charge is -2.53. The number of fused-ring (bicyclic) bond motifs is 2. The number of nitrogens with one attached hydrogen (secondary N) is 3. The quantitative estimate of drug-likeness (QED) is 0.140. The van der Waals surface area contributed by atoms with E-state index in [0.29, 0.717) is 51.5 Å². The van der Waals surface area contributed by atoms with Crippen LogP contribution in [0.3, 0.4) is 0 Å². The van der Waals surface area contributed by atoms with Crippen LogP contribution in [0.2, 0.25) is 0 Å². The van der Waals surface area contributed by atoms with Crippen molar-refractivity contribution in [3.63, 3.8) is 0 Å². The zero-order chi connectivity index (χ0) is 42.6. The molecule has 5 amide bonds. The monoisotopic (exact) mass is 832 g/mol. The molecule has 5 aliphatic rings. The largest absolute Gasteiger partial charge is 0.494 e. The predicted molar refractivity (Wildman–Crippen MR) is 226 cm³/mol. The maximum atomic E-state index is 14.5. The summed E-state index contributed by atoms with van der Waals surface area (Å²) in [7, 11) is 1.55. The number of anilines is 2. The first-order chi connectivity index (χ1) is 29.3. The van der Waals surface area contributed by atoms with Crippen LogP contribution in [-0.2, 0) is 15.3 Å². The van der Waals surface area contributed by atoms with Gasteiger partial charge in [-0.05, 0) is 132 Å². The Morgan fingerprint density at radius 1 is 0.951 bits per heavy atom. The number of methoxy groups -OCH3 is 1. The van der Waals surface area contributed by atoms with Gasteiger partial charge in [0.15, 0.2) is 0 Å². The molecule has 4 aromatic rings. The van der Waals surface area contributed by atoms with Gasteiger partial charge in [-0.15, -0.1) is 0 Å². The first kappa shape index (κ1) is 40.7. The summed E-state index contributed by atoms with van der Waals surface area (Å²) < 4.78 is 22.2. The van der Waals surface area contributed by atoms with Crippen LogP contribution in [0.15, 0.2) is 54.7 Å². The van der Waals surface area contributed by atoms with E-state index in [-0.39, 0.29) is 24.2 Å². The summed E-state index contributed by atoms with van der Waals surface area (Å²) in [6, 6.07) is 13.0. The van der Waals surface area contributed by atoms with Crippen LogP contribution < -0.4 is 20.7 Å². The average Bonchev–Trinajstić information content (AvgIpc) is 3.76. The molecular formula is C46H53FN8O6. The third kappa shape index (κ3) is 7.99. The van der Waals surface area contributed by atoms with Crippen LogP contribution >= 0.6 is 0 Å². The molecule has 1 atom stereocenters. The van der Waals surface area contributed by atoms with Crippen molar-refractivity contribution >= 4 is 51.8 Å². The first-order valence-electron chi connectivity index (χ1n) is 21.6. The van der Waals surface area contributed by atoms with E-state index in [1.54, 1.807) is 37.4 Å². The third-order valence-corrected chi connectivity index (χ3v) is 13.8. The summed E-state index contributed by atoms with van der Waals surface area (Å²) >= 11 is 0. The Labute approximate surface area is 353 Å². The van der Waals surface area contributed by atoms with Gasteiger partial charge in [-0.3, -0.25) is 38.9 Å². The van der Waals surface area contributed by atoms with Gasteiger partial charge in [0.2, 0.25) is 11.8 Å². The number of rotatable bonds is 11. The van der Waals surface area contributed by atoms with Gasteiger partial charge >= 0.3 is 0 Å². The molecule has 2 saturated heterocycles. The minimum absolute atomic E-state index is 0.0907. The molecule has 320 valence electrons. The van der Waals surface area contributed by atoms with Crippen LogP contribution in [0.4, 0.5) is 15.8 Å². The van der Waals surface area contributed by atoms with E-state index in [1.165, 1.54) is 26.7 Å². The van der Waals surface area contributed by atoms with E-state index in [9.17, 15) is 28.4 Å². The smallest absolute Gasteiger partial charge is 0.274 e. The minimum Gasteiger partial charge on any atom is -0.494 e. The van der Waals surface area contributed by atoms with E-state index in [4.69, 9.17) is 9.84 Å². The number of pyridine rings is 1. The maximum Gasteiger partial charge on any atom is 0.274 e. The number of amides is 5. The van der Waals surface area contributed by atoms with Crippen LogP contribution in [0.1, 0.15) is 121 Å². The maximum absolute atomic E-state index is 14.5. The number of aromatic nitrogens is 3. The second-order valence-electron chi connectivity index (χ2n) is 18.4. The van der Waals surface area contributed by atoms with E-state index < -0.39 is 41.2 Å². The number of hydrogen-bond acceptors (Lipinski definition) is 10. The number of carbonyl (C=O) groups is 5. The van der Waals surface area contributed by atoms with Gasteiger partial charge in [-0.1, -0.05) is 12.1 Å². The topological polar surface area (TPSA) is 168 Å². The number of halogens is 1. The second-order valence-corrected chi connectivity index (χ2v) is 18.4. The lowest BCUT2D eigenvalue weighted by atomic mass is 9.57. The van der Waals surface area contributed by atoms with Gasteiger partial charge in [0, 0.05) is 42.8 Å². The number of imide groups is 2. The van der Waals surface area contributed by atoms with Crippen molar-refractivity contribution in [3.8, 4) is 5.75 Å².